The molecule has 2 aromatic carbocycles. The van der Waals surface area contributed by atoms with E-state index in [-0.39, 0.29) is 31.2 Å². The highest BCUT2D eigenvalue weighted by Gasteiger charge is 2.28. The van der Waals surface area contributed by atoms with Gasteiger partial charge in [0.05, 0.1) is 19.0 Å². The van der Waals surface area contributed by atoms with Gasteiger partial charge in [0.2, 0.25) is 12.7 Å². The number of para-hydroxylation sites is 1. The van der Waals surface area contributed by atoms with Crippen LogP contribution >= 0.6 is 0 Å². The number of aryl methyl sites for hydroxylation is 1. The zero-order chi connectivity index (χ0) is 22.2. The second-order valence-electron chi connectivity index (χ2n) is 7.86. The molecule has 2 aliphatic rings. The Balaban J connectivity index is 1.42. The summed E-state index contributed by atoms with van der Waals surface area (Å²) < 4.78 is 12.2. The lowest BCUT2D eigenvalue weighted by molar-refractivity contribution is -0.116. The third-order valence-electron chi connectivity index (χ3n) is 5.70. The minimum atomic E-state index is -0.506. The zero-order valence-electron chi connectivity index (χ0n) is 17.4. The smallest absolute Gasteiger partial charge is 0.263 e. The highest BCUT2D eigenvalue weighted by atomic mass is 16.7. The quantitative estimate of drug-likeness (QED) is 0.662. The molecule has 162 valence electrons. The fourth-order valence-corrected chi connectivity index (χ4v) is 4.07. The maximum atomic E-state index is 13.2. The molecule has 0 aliphatic carbocycles. The van der Waals surface area contributed by atoms with Crippen LogP contribution in [0.3, 0.4) is 0 Å². The summed E-state index contributed by atoms with van der Waals surface area (Å²) in [5.41, 5.74) is 2.58. The normalized spacial score (nSPS) is 16.3. The Morgan fingerprint density at radius 1 is 1.12 bits per heavy atom. The summed E-state index contributed by atoms with van der Waals surface area (Å²) in [7, 11) is 0. The Morgan fingerprint density at radius 3 is 2.81 bits per heavy atom. The Hall–Kier alpha value is -4.07. The number of rotatable bonds is 4. The lowest BCUT2D eigenvalue weighted by Crippen LogP contribution is -2.39. The van der Waals surface area contributed by atoms with Crippen molar-refractivity contribution in [3.63, 3.8) is 0 Å². The van der Waals surface area contributed by atoms with E-state index in [2.05, 4.69) is 10.6 Å². The molecule has 0 radical (unpaired) electrons. The number of hydrogen-bond acceptors (Lipinski definition) is 5. The largest absolute Gasteiger partial charge is 0.454 e. The van der Waals surface area contributed by atoms with Crippen LogP contribution < -0.4 is 25.7 Å². The molecular formula is C24H21N3O5. The van der Waals surface area contributed by atoms with Gasteiger partial charge in [0, 0.05) is 11.9 Å². The molecule has 8 nitrogen and oxygen atoms in total. The monoisotopic (exact) mass is 431 g/mol. The average Bonchev–Trinajstić information content (AvgIpc) is 3.23. The van der Waals surface area contributed by atoms with E-state index in [4.69, 9.17) is 9.47 Å². The van der Waals surface area contributed by atoms with E-state index >= 15 is 0 Å². The molecule has 0 fully saturated rings. The van der Waals surface area contributed by atoms with Gasteiger partial charge >= 0.3 is 0 Å². The molecule has 0 saturated heterocycles. The second kappa shape index (κ2) is 7.88. The number of hydrogen-bond donors (Lipinski definition) is 2. The van der Waals surface area contributed by atoms with Crippen molar-refractivity contribution < 1.29 is 19.1 Å². The molecule has 2 N–H and O–H groups in total. The van der Waals surface area contributed by atoms with Crippen LogP contribution in [-0.4, -0.2) is 23.2 Å². The molecule has 3 heterocycles. The van der Waals surface area contributed by atoms with E-state index < -0.39 is 17.5 Å². The Bertz CT molecular complexity index is 1300. The van der Waals surface area contributed by atoms with Gasteiger partial charge in [-0.25, -0.2) is 0 Å². The molecule has 2 amide bonds. The van der Waals surface area contributed by atoms with Crippen LogP contribution in [0.1, 0.15) is 39.5 Å². The topological polar surface area (TPSA) is 98.7 Å². The molecule has 0 spiro atoms. The summed E-state index contributed by atoms with van der Waals surface area (Å²) >= 11 is 0. The molecule has 32 heavy (non-hydrogen) atoms. The number of nitrogens with one attached hydrogen (secondary N) is 2. The first-order chi connectivity index (χ1) is 15.5. The van der Waals surface area contributed by atoms with Gasteiger partial charge in [-0.3, -0.25) is 14.4 Å². The van der Waals surface area contributed by atoms with Crippen LogP contribution in [0.5, 0.6) is 11.5 Å². The van der Waals surface area contributed by atoms with E-state index in [1.54, 1.807) is 31.3 Å². The van der Waals surface area contributed by atoms with Crippen molar-refractivity contribution >= 4 is 17.5 Å². The zero-order valence-corrected chi connectivity index (χ0v) is 17.4. The number of nitrogens with zero attached hydrogens (tertiary/aromatic N) is 1. The molecule has 2 aliphatic heterocycles. The third kappa shape index (κ3) is 3.60. The summed E-state index contributed by atoms with van der Waals surface area (Å²) in [6, 6.07) is 14.0. The first kappa shape index (κ1) is 19.9. The molecule has 0 bridgehead atoms. The summed E-state index contributed by atoms with van der Waals surface area (Å²) in [6.07, 6.45) is 1.78. The minimum Gasteiger partial charge on any atom is -0.454 e. The number of anilines is 1. The van der Waals surface area contributed by atoms with E-state index in [0.29, 0.717) is 22.7 Å². The molecule has 1 atom stereocenters. The third-order valence-corrected chi connectivity index (χ3v) is 5.70. The van der Waals surface area contributed by atoms with Crippen LogP contribution in [0.15, 0.2) is 59.5 Å². The molecule has 1 aromatic heterocycles. The first-order valence-corrected chi connectivity index (χ1v) is 10.3. The Labute approximate surface area is 183 Å². The van der Waals surface area contributed by atoms with Crippen LogP contribution in [0.2, 0.25) is 0 Å². The van der Waals surface area contributed by atoms with Crippen molar-refractivity contribution in [2.45, 2.75) is 25.9 Å². The summed E-state index contributed by atoms with van der Waals surface area (Å²) in [5.74, 6) is 0.623. The number of amides is 2. The predicted molar refractivity (Wildman–Crippen MR) is 117 cm³/mol. The molecule has 0 saturated carbocycles. The fraction of sp³-hybridized carbons (Fsp3) is 0.208. The van der Waals surface area contributed by atoms with Crippen molar-refractivity contribution in [3.8, 4) is 11.5 Å². The van der Waals surface area contributed by atoms with Gasteiger partial charge in [0.15, 0.2) is 11.5 Å². The maximum Gasteiger partial charge on any atom is 0.263 e. The molecule has 5 rings (SSSR count). The van der Waals surface area contributed by atoms with E-state index in [0.717, 1.165) is 11.1 Å². The summed E-state index contributed by atoms with van der Waals surface area (Å²) in [6.45, 7) is 2.18. The van der Waals surface area contributed by atoms with Crippen LogP contribution in [0.25, 0.3) is 0 Å². The fourth-order valence-electron chi connectivity index (χ4n) is 4.07. The van der Waals surface area contributed by atoms with E-state index in [1.807, 2.05) is 30.3 Å². The first-order valence-electron chi connectivity index (χ1n) is 10.3. The molecule has 1 unspecified atom stereocenters. The van der Waals surface area contributed by atoms with Crippen molar-refractivity contribution in [1.29, 1.82) is 0 Å². The van der Waals surface area contributed by atoms with Gasteiger partial charge in [-0.15, -0.1) is 0 Å². The number of ether oxygens (including phenoxy) is 2. The number of pyridine rings is 1. The van der Waals surface area contributed by atoms with Gasteiger partial charge in [0.25, 0.3) is 11.5 Å². The van der Waals surface area contributed by atoms with E-state index in [1.165, 1.54) is 4.57 Å². The number of carbonyl (C=O) groups is 2. The van der Waals surface area contributed by atoms with Crippen molar-refractivity contribution in [3.05, 3.63) is 87.3 Å². The standard InChI is InChI=1S/C24H21N3O5/c1-14-8-9-27(12-15-6-7-19-20(10-15)32-13-31-19)24(30)22(14)23(29)26-18-11-21(28)25-17-5-3-2-4-16(17)18/h2-10,18H,11-13H2,1H3,(H,25,28)(H,26,29). The van der Waals surface area contributed by atoms with E-state index in [9.17, 15) is 14.4 Å². The molecule has 3 aromatic rings. The lowest BCUT2D eigenvalue weighted by atomic mass is 9.97. The SMILES string of the molecule is Cc1ccn(Cc2ccc3c(c2)OCO3)c(=O)c1C(=O)NC1CC(=O)Nc2ccccc21. The van der Waals surface area contributed by atoms with Crippen LogP contribution in [0.4, 0.5) is 5.69 Å². The van der Waals surface area contributed by atoms with Gasteiger partial charge in [0.1, 0.15) is 5.56 Å². The van der Waals surface area contributed by atoms with Crippen molar-refractivity contribution in [1.82, 2.24) is 9.88 Å². The van der Waals surface area contributed by atoms with Gasteiger partial charge in [-0.1, -0.05) is 24.3 Å². The number of fused-ring (bicyclic) bond motifs is 2. The van der Waals surface area contributed by atoms with Crippen molar-refractivity contribution in [2.24, 2.45) is 0 Å². The summed E-state index contributed by atoms with van der Waals surface area (Å²) in [5, 5.41) is 5.68. The number of benzene rings is 2. The predicted octanol–water partition coefficient (Wildman–Crippen LogP) is 2.75. The van der Waals surface area contributed by atoms with Gasteiger partial charge < -0.3 is 24.7 Å². The summed E-state index contributed by atoms with van der Waals surface area (Å²) in [4.78, 5) is 38.4. The van der Waals surface area contributed by atoms with Gasteiger partial charge in [-0.05, 0) is 47.9 Å². The highest BCUT2D eigenvalue weighted by Crippen LogP contribution is 2.33. The molecular weight excluding hydrogens is 410 g/mol. The Morgan fingerprint density at radius 2 is 1.94 bits per heavy atom. The number of aromatic nitrogens is 1. The minimum absolute atomic E-state index is 0.0664. The lowest BCUT2D eigenvalue weighted by Gasteiger charge is -2.26. The second-order valence-corrected chi connectivity index (χ2v) is 7.86. The Kier molecular flexibility index (Phi) is 4.89. The highest BCUT2D eigenvalue weighted by molar-refractivity contribution is 5.98. The maximum absolute atomic E-state index is 13.2. The van der Waals surface area contributed by atoms with Crippen LogP contribution in [-0.2, 0) is 11.3 Å². The average molecular weight is 431 g/mol. The van der Waals surface area contributed by atoms with Gasteiger partial charge in [-0.2, -0.15) is 0 Å². The molecule has 8 heteroatoms. The number of carbonyl (C=O) groups excluding carboxylic acids is 2. The van der Waals surface area contributed by atoms with Crippen LogP contribution in [0, 0.1) is 6.92 Å². The van der Waals surface area contributed by atoms with Crippen molar-refractivity contribution in [2.75, 3.05) is 12.1 Å².